The Kier molecular flexibility index (Phi) is 5.32. The number of aromatic hydroxyl groups is 1. The summed E-state index contributed by atoms with van der Waals surface area (Å²) in [5.74, 6) is -0.567. The number of amides is 1. The zero-order valence-corrected chi connectivity index (χ0v) is 17.3. The predicted octanol–water partition coefficient (Wildman–Crippen LogP) is 0.495. The van der Waals surface area contributed by atoms with E-state index in [9.17, 15) is 14.7 Å². The highest BCUT2D eigenvalue weighted by Gasteiger charge is 2.30. The average molecular weight is 404 g/mol. The number of phenols is 1. The Morgan fingerprint density at radius 3 is 2.67 bits per heavy atom. The fraction of sp³-hybridized carbons (Fsp3) is 0.304. The van der Waals surface area contributed by atoms with Gasteiger partial charge >= 0.3 is 0 Å². The van der Waals surface area contributed by atoms with Crippen LogP contribution in [0.1, 0.15) is 18.4 Å². The van der Waals surface area contributed by atoms with Crippen LogP contribution in [-0.2, 0) is 9.59 Å². The second-order valence-corrected chi connectivity index (χ2v) is 7.78. The Hall–Kier alpha value is -3.16. The van der Waals surface area contributed by atoms with Gasteiger partial charge in [-0.25, -0.2) is 4.99 Å². The Labute approximate surface area is 174 Å². The Bertz CT molecular complexity index is 1200. The van der Waals surface area contributed by atoms with Gasteiger partial charge in [0.25, 0.3) is 5.91 Å². The first-order valence-corrected chi connectivity index (χ1v) is 9.94. The second-order valence-electron chi connectivity index (χ2n) is 7.78. The van der Waals surface area contributed by atoms with Crippen LogP contribution in [0.4, 0.5) is 0 Å². The number of fused-ring (bicyclic) bond motifs is 2. The number of hydrogen-bond acceptors (Lipinski definition) is 6. The Balaban J connectivity index is 1.79. The number of ketones is 1. The number of rotatable bonds is 7. The largest absolute Gasteiger partial charge is 0.507 e. The normalized spacial score (nSPS) is 17.4. The smallest absolute Gasteiger partial charge is 0.274 e. The molecule has 1 amide bonds. The van der Waals surface area contributed by atoms with Crippen LogP contribution in [0.25, 0.3) is 11.1 Å². The summed E-state index contributed by atoms with van der Waals surface area (Å²) in [4.78, 5) is 36.1. The summed E-state index contributed by atoms with van der Waals surface area (Å²) in [6.45, 7) is 1.40. The SMILES string of the molecule is CNCCC1=c2c(O)c(C3=CC=C4N=CC(CCN(C)C)=C4C3=O)ccc2=NC1=O. The number of phenolic OH excluding ortho intramolecular Hbond substituents is 1. The lowest BCUT2D eigenvalue weighted by Gasteiger charge is -2.16. The predicted molar refractivity (Wildman–Crippen MR) is 116 cm³/mol. The maximum Gasteiger partial charge on any atom is 0.274 e. The molecule has 0 atom stereocenters. The molecule has 1 aliphatic carbocycles. The van der Waals surface area contributed by atoms with Gasteiger partial charge in [0.1, 0.15) is 5.75 Å². The summed E-state index contributed by atoms with van der Waals surface area (Å²) in [7, 11) is 5.77. The maximum absolute atomic E-state index is 13.4. The number of benzene rings is 1. The first-order chi connectivity index (χ1) is 14.4. The van der Waals surface area contributed by atoms with Crippen molar-refractivity contribution in [3.63, 3.8) is 0 Å². The monoisotopic (exact) mass is 404 g/mol. The number of hydrogen-bond donors (Lipinski definition) is 2. The van der Waals surface area contributed by atoms with Crippen molar-refractivity contribution in [2.24, 2.45) is 9.98 Å². The number of nitrogens with one attached hydrogen (secondary N) is 1. The fourth-order valence-corrected chi connectivity index (χ4v) is 3.90. The molecule has 7 nitrogen and oxygen atoms in total. The lowest BCUT2D eigenvalue weighted by molar-refractivity contribution is -0.113. The van der Waals surface area contributed by atoms with Gasteiger partial charge in [0.15, 0.2) is 5.78 Å². The van der Waals surface area contributed by atoms with Gasteiger partial charge in [-0.15, -0.1) is 0 Å². The van der Waals surface area contributed by atoms with Gasteiger partial charge in [-0.1, -0.05) is 0 Å². The highest BCUT2D eigenvalue weighted by molar-refractivity contribution is 6.34. The van der Waals surface area contributed by atoms with Gasteiger partial charge in [0.05, 0.1) is 21.8 Å². The number of Topliss-reactive ketones (excluding diaryl/α,β-unsaturated/α-hetero) is 1. The van der Waals surface area contributed by atoms with Gasteiger partial charge in [-0.3, -0.25) is 14.6 Å². The van der Waals surface area contributed by atoms with Crippen LogP contribution >= 0.6 is 0 Å². The third kappa shape index (κ3) is 3.36. The van der Waals surface area contributed by atoms with E-state index in [1.54, 1.807) is 37.5 Å². The quantitative estimate of drug-likeness (QED) is 0.690. The van der Waals surface area contributed by atoms with E-state index in [1.807, 2.05) is 14.1 Å². The van der Waals surface area contributed by atoms with E-state index < -0.39 is 0 Å². The van der Waals surface area contributed by atoms with Crippen molar-refractivity contribution >= 4 is 29.1 Å². The van der Waals surface area contributed by atoms with E-state index in [0.29, 0.717) is 57.9 Å². The number of carbonyl (C=O) groups excluding carboxylic acids is 2. The van der Waals surface area contributed by atoms with Gasteiger partial charge in [-0.05, 0) is 70.4 Å². The molecule has 2 N–H and O–H groups in total. The zero-order valence-electron chi connectivity index (χ0n) is 17.3. The summed E-state index contributed by atoms with van der Waals surface area (Å²) in [6.07, 6.45) is 6.42. The third-order valence-corrected chi connectivity index (χ3v) is 5.50. The molecule has 1 aromatic rings. The molecule has 3 aliphatic rings. The molecule has 4 rings (SSSR count). The van der Waals surface area contributed by atoms with E-state index in [4.69, 9.17) is 0 Å². The number of allylic oxidation sites excluding steroid dienone is 4. The van der Waals surface area contributed by atoms with Crippen LogP contribution < -0.4 is 15.9 Å². The Morgan fingerprint density at radius 2 is 1.93 bits per heavy atom. The summed E-state index contributed by atoms with van der Waals surface area (Å²) < 4.78 is 0. The first-order valence-electron chi connectivity index (χ1n) is 9.94. The van der Waals surface area contributed by atoms with Gasteiger partial charge < -0.3 is 15.3 Å². The highest BCUT2D eigenvalue weighted by Crippen LogP contribution is 2.35. The average Bonchev–Trinajstić information content (AvgIpc) is 3.27. The summed E-state index contributed by atoms with van der Waals surface area (Å²) in [6, 6.07) is 3.35. The molecule has 2 heterocycles. The Morgan fingerprint density at radius 1 is 1.13 bits per heavy atom. The van der Waals surface area contributed by atoms with Crippen LogP contribution in [-0.4, -0.2) is 62.1 Å². The van der Waals surface area contributed by atoms with Crippen LogP contribution in [0.3, 0.4) is 0 Å². The summed E-state index contributed by atoms with van der Waals surface area (Å²) >= 11 is 0. The van der Waals surface area contributed by atoms with Gasteiger partial charge in [0.2, 0.25) is 0 Å². The number of aliphatic imine (C=N–C) groups is 1. The van der Waals surface area contributed by atoms with Gasteiger partial charge in [-0.2, -0.15) is 0 Å². The van der Waals surface area contributed by atoms with Crippen molar-refractivity contribution in [2.75, 3.05) is 34.2 Å². The molecule has 0 bridgehead atoms. The molecule has 7 heteroatoms. The molecular weight excluding hydrogens is 380 g/mol. The molecule has 0 spiro atoms. The van der Waals surface area contributed by atoms with Crippen LogP contribution in [0.2, 0.25) is 0 Å². The van der Waals surface area contributed by atoms with Crippen molar-refractivity contribution in [3.05, 3.63) is 57.3 Å². The van der Waals surface area contributed by atoms with Crippen molar-refractivity contribution < 1.29 is 14.7 Å². The third-order valence-electron chi connectivity index (χ3n) is 5.50. The molecule has 0 saturated carbocycles. The van der Waals surface area contributed by atoms with E-state index in [-0.39, 0.29) is 17.4 Å². The van der Waals surface area contributed by atoms with E-state index in [1.165, 1.54) is 0 Å². The van der Waals surface area contributed by atoms with E-state index in [0.717, 1.165) is 12.1 Å². The molecule has 0 unspecified atom stereocenters. The summed E-state index contributed by atoms with van der Waals surface area (Å²) in [5.41, 5.74) is 3.42. The lowest BCUT2D eigenvalue weighted by atomic mass is 9.87. The fourth-order valence-electron chi connectivity index (χ4n) is 3.90. The minimum Gasteiger partial charge on any atom is -0.507 e. The summed E-state index contributed by atoms with van der Waals surface area (Å²) in [5, 5.41) is 14.9. The number of carbonyl (C=O) groups is 2. The molecule has 2 aliphatic heterocycles. The van der Waals surface area contributed by atoms with Crippen molar-refractivity contribution in [2.45, 2.75) is 12.8 Å². The lowest BCUT2D eigenvalue weighted by Crippen LogP contribution is -2.26. The van der Waals surface area contributed by atoms with E-state index in [2.05, 4.69) is 20.2 Å². The molecule has 1 aromatic carbocycles. The van der Waals surface area contributed by atoms with Crippen molar-refractivity contribution in [1.29, 1.82) is 0 Å². The van der Waals surface area contributed by atoms with Gasteiger partial charge in [0, 0.05) is 29.5 Å². The molecule has 0 radical (unpaired) electrons. The minimum absolute atomic E-state index is 0.0704. The molecule has 0 fully saturated rings. The van der Waals surface area contributed by atoms with Crippen LogP contribution in [0.15, 0.2) is 51.1 Å². The van der Waals surface area contributed by atoms with Crippen molar-refractivity contribution in [3.8, 4) is 5.75 Å². The minimum atomic E-state index is -0.336. The first kappa shape index (κ1) is 20.1. The number of nitrogens with zero attached hydrogens (tertiary/aromatic N) is 3. The van der Waals surface area contributed by atoms with E-state index >= 15 is 0 Å². The maximum atomic E-state index is 13.4. The standard InChI is InChI=1S/C23H24N4O3/c1-24-10-8-16-20-18(26-23(16)30)7-5-15(22(20)29)14-4-6-17-19(21(14)28)13(12-25-17)9-11-27(2)3/h4-7,12,24,29H,8-11H2,1-3H3. The van der Waals surface area contributed by atoms with Crippen LogP contribution in [0.5, 0.6) is 5.75 Å². The molecular formula is C23H24N4O3. The zero-order chi connectivity index (χ0) is 21.4. The van der Waals surface area contributed by atoms with Crippen LogP contribution in [0, 0.1) is 0 Å². The molecule has 0 aromatic heterocycles. The molecule has 154 valence electrons. The topological polar surface area (TPSA) is 94.4 Å². The molecule has 30 heavy (non-hydrogen) atoms. The second kappa shape index (κ2) is 7.93. The highest BCUT2D eigenvalue weighted by atomic mass is 16.3. The molecule has 0 saturated heterocycles. The van der Waals surface area contributed by atoms with Crippen molar-refractivity contribution in [1.82, 2.24) is 10.2 Å².